The number of nitrogens with one attached hydrogen (secondary N) is 2. The number of pyridine rings is 1. The Morgan fingerprint density at radius 3 is 2.64 bits per heavy atom. The highest BCUT2D eigenvalue weighted by atomic mass is 35.5. The van der Waals surface area contributed by atoms with Crippen LogP contribution in [0.15, 0.2) is 18.2 Å². The maximum atomic E-state index is 14.6. The molecule has 0 aliphatic carbocycles. The van der Waals surface area contributed by atoms with Crippen molar-refractivity contribution in [1.82, 2.24) is 15.0 Å². The number of nitrogens with zero attached hydrogens (tertiary/aromatic N) is 2. The number of hydrogen-bond donors (Lipinski definition) is 3. The predicted octanol–water partition coefficient (Wildman–Crippen LogP) is 2.58. The molecule has 3 aromatic rings. The number of aromatic amines is 1. The average molecular weight is 525 g/mol. The van der Waals surface area contributed by atoms with Gasteiger partial charge in [-0.3, -0.25) is 0 Å². The number of aliphatic hydroxyl groups excluding tert-OH is 1. The van der Waals surface area contributed by atoms with Gasteiger partial charge < -0.3 is 39.1 Å². The lowest BCUT2D eigenvalue weighted by molar-refractivity contribution is -0.0721. The van der Waals surface area contributed by atoms with Crippen LogP contribution in [0.2, 0.25) is 5.02 Å². The molecule has 3 aliphatic rings. The van der Waals surface area contributed by atoms with E-state index in [4.69, 9.17) is 35.3 Å². The second-order valence-electron chi connectivity index (χ2n) is 8.86. The first kappa shape index (κ1) is 23.6. The minimum absolute atomic E-state index is 0.0408. The SMILES string of the molecule is O[C@@H]1CO[C@H]2[C@@H]1OC[C@H]2Oc1nc2nc(NCc3c(F)cc(OCC4CCO4)cc3F)c(Cl)cc2[nH]1. The predicted molar refractivity (Wildman–Crippen MR) is 122 cm³/mol. The summed E-state index contributed by atoms with van der Waals surface area (Å²) in [4.78, 5) is 11.7. The van der Waals surface area contributed by atoms with Crippen LogP contribution in [0.25, 0.3) is 11.2 Å². The van der Waals surface area contributed by atoms with Crippen molar-refractivity contribution in [2.45, 2.75) is 43.5 Å². The minimum Gasteiger partial charge on any atom is -0.491 e. The van der Waals surface area contributed by atoms with E-state index in [1.165, 1.54) is 0 Å². The molecule has 1 aromatic carbocycles. The Hall–Kier alpha value is -2.77. The van der Waals surface area contributed by atoms with Gasteiger partial charge in [-0.15, -0.1) is 0 Å². The number of H-pyrrole nitrogens is 1. The molecule has 5 heterocycles. The first-order chi connectivity index (χ1) is 17.4. The molecule has 3 saturated heterocycles. The summed E-state index contributed by atoms with van der Waals surface area (Å²) in [6.07, 6.45) is -1.13. The third kappa shape index (κ3) is 4.55. The summed E-state index contributed by atoms with van der Waals surface area (Å²) in [5.74, 6) is -1.20. The molecule has 0 bridgehead atoms. The minimum atomic E-state index is -0.754. The van der Waals surface area contributed by atoms with Crippen molar-refractivity contribution in [3.63, 3.8) is 0 Å². The van der Waals surface area contributed by atoms with Gasteiger partial charge in [0.15, 0.2) is 11.8 Å². The van der Waals surface area contributed by atoms with Crippen LogP contribution in [-0.2, 0) is 20.8 Å². The Morgan fingerprint density at radius 1 is 1.11 bits per heavy atom. The van der Waals surface area contributed by atoms with Gasteiger partial charge in [0.2, 0.25) is 0 Å². The smallest absolute Gasteiger partial charge is 0.296 e. The van der Waals surface area contributed by atoms with E-state index in [1.54, 1.807) is 6.07 Å². The van der Waals surface area contributed by atoms with E-state index >= 15 is 0 Å². The molecule has 36 heavy (non-hydrogen) atoms. The molecule has 10 nitrogen and oxygen atoms in total. The van der Waals surface area contributed by atoms with Crippen molar-refractivity contribution in [2.24, 2.45) is 0 Å². The van der Waals surface area contributed by atoms with Crippen LogP contribution in [0.4, 0.5) is 14.6 Å². The molecule has 5 atom stereocenters. The fraction of sp³-hybridized carbons (Fsp3) is 0.478. The van der Waals surface area contributed by atoms with Crippen LogP contribution in [0.1, 0.15) is 12.0 Å². The van der Waals surface area contributed by atoms with Crippen LogP contribution in [0.5, 0.6) is 11.8 Å². The largest absolute Gasteiger partial charge is 0.491 e. The van der Waals surface area contributed by atoms with E-state index in [2.05, 4.69) is 20.3 Å². The van der Waals surface area contributed by atoms with Crippen LogP contribution in [0.3, 0.4) is 0 Å². The molecular weight excluding hydrogens is 502 g/mol. The highest BCUT2D eigenvalue weighted by molar-refractivity contribution is 6.33. The van der Waals surface area contributed by atoms with Gasteiger partial charge in [0.1, 0.15) is 48.1 Å². The Bertz CT molecular complexity index is 1250. The molecule has 2 aromatic heterocycles. The number of ether oxygens (including phenoxy) is 5. The highest BCUT2D eigenvalue weighted by Crippen LogP contribution is 2.31. The molecule has 0 amide bonds. The van der Waals surface area contributed by atoms with Crippen molar-refractivity contribution >= 4 is 28.6 Å². The Kier molecular flexibility index (Phi) is 6.30. The second kappa shape index (κ2) is 9.60. The number of aliphatic hydroxyl groups is 1. The van der Waals surface area contributed by atoms with Crippen LogP contribution in [0, 0.1) is 11.6 Å². The van der Waals surface area contributed by atoms with E-state index in [0.29, 0.717) is 17.8 Å². The summed E-state index contributed by atoms with van der Waals surface area (Å²) in [5, 5.41) is 13.0. The Morgan fingerprint density at radius 2 is 1.89 bits per heavy atom. The lowest BCUT2D eigenvalue weighted by Crippen LogP contribution is -2.34. The standard InChI is InChI=1S/C23H23ClF2N4O6/c24-13-5-16-22(30-23(28-16)36-18-9-35-19-17(31)8-34-20(18)19)29-21(13)27-6-12-14(25)3-11(4-15(12)26)33-7-10-1-2-32-10/h3-5,10,17-20,31H,1-2,6-9H2,(H2,27,28,29,30)/t10?,17-,18-,19-,20-/m1/s1. The molecule has 6 rings (SSSR count). The summed E-state index contributed by atoms with van der Waals surface area (Å²) in [7, 11) is 0. The zero-order valence-electron chi connectivity index (χ0n) is 18.9. The van der Waals surface area contributed by atoms with E-state index in [0.717, 1.165) is 18.6 Å². The molecule has 13 heteroatoms. The van der Waals surface area contributed by atoms with Gasteiger partial charge in [-0.25, -0.2) is 13.8 Å². The maximum Gasteiger partial charge on any atom is 0.296 e. The number of benzene rings is 1. The van der Waals surface area contributed by atoms with Gasteiger partial charge in [0.05, 0.1) is 29.9 Å². The number of imidazole rings is 1. The monoisotopic (exact) mass is 524 g/mol. The zero-order valence-corrected chi connectivity index (χ0v) is 19.6. The highest BCUT2D eigenvalue weighted by Gasteiger charge is 2.48. The molecule has 192 valence electrons. The van der Waals surface area contributed by atoms with Gasteiger partial charge in [0.25, 0.3) is 6.01 Å². The van der Waals surface area contributed by atoms with Crippen LogP contribution in [-0.4, -0.2) is 77.0 Å². The van der Waals surface area contributed by atoms with Gasteiger partial charge >= 0.3 is 0 Å². The van der Waals surface area contributed by atoms with Gasteiger partial charge in [-0.2, -0.15) is 4.98 Å². The first-order valence-electron chi connectivity index (χ1n) is 11.5. The average Bonchev–Trinajstić information content (AvgIpc) is 3.49. The molecular formula is C23H23ClF2N4O6. The third-order valence-corrected chi connectivity index (χ3v) is 6.71. The molecule has 0 saturated carbocycles. The van der Waals surface area contributed by atoms with Crippen molar-refractivity contribution < 1.29 is 37.6 Å². The van der Waals surface area contributed by atoms with Gasteiger partial charge in [-0.05, 0) is 6.07 Å². The lowest BCUT2D eigenvalue weighted by Gasteiger charge is -2.26. The first-order valence-corrected chi connectivity index (χ1v) is 11.9. The van der Waals surface area contributed by atoms with Crippen molar-refractivity contribution in [1.29, 1.82) is 0 Å². The number of hydrogen-bond acceptors (Lipinski definition) is 9. The van der Waals surface area contributed by atoms with Gasteiger partial charge in [0, 0.05) is 37.3 Å². The fourth-order valence-corrected chi connectivity index (χ4v) is 4.59. The molecule has 0 radical (unpaired) electrons. The normalized spacial score (nSPS) is 27.2. The number of rotatable bonds is 8. The van der Waals surface area contributed by atoms with E-state index in [1.807, 2.05) is 0 Å². The number of halogens is 3. The Balaban J connectivity index is 1.13. The molecule has 3 fully saturated rings. The van der Waals surface area contributed by atoms with Crippen molar-refractivity contribution in [2.75, 3.05) is 31.7 Å². The Labute approximate surface area is 208 Å². The van der Waals surface area contributed by atoms with Crippen LogP contribution >= 0.6 is 11.6 Å². The second-order valence-corrected chi connectivity index (χ2v) is 9.27. The quantitative estimate of drug-likeness (QED) is 0.408. The van der Waals surface area contributed by atoms with E-state index in [9.17, 15) is 13.9 Å². The summed E-state index contributed by atoms with van der Waals surface area (Å²) >= 11 is 6.33. The molecule has 1 unspecified atom stereocenters. The maximum absolute atomic E-state index is 14.6. The van der Waals surface area contributed by atoms with E-state index in [-0.39, 0.29) is 60.6 Å². The van der Waals surface area contributed by atoms with E-state index < -0.39 is 36.1 Å². The molecule has 3 N–H and O–H groups in total. The fourth-order valence-electron chi connectivity index (χ4n) is 4.37. The number of aromatic nitrogens is 3. The summed E-state index contributed by atoms with van der Waals surface area (Å²) in [5.41, 5.74) is 0.626. The summed E-state index contributed by atoms with van der Waals surface area (Å²) in [6, 6.07) is 4.05. The molecule has 0 spiro atoms. The van der Waals surface area contributed by atoms with Crippen molar-refractivity contribution in [3.05, 3.63) is 40.4 Å². The number of fused-ring (bicyclic) bond motifs is 2. The molecule has 3 aliphatic heterocycles. The third-order valence-electron chi connectivity index (χ3n) is 6.43. The van der Waals surface area contributed by atoms with Gasteiger partial charge in [-0.1, -0.05) is 11.6 Å². The lowest BCUT2D eigenvalue weighted by atomic mass is 10.1. The van der Waals surface area contributed by atoms with Crippen molar-refractivity contribution in [3.8, 4) is 11.8 Å². The zero-order chi connectivity index (χ0) is 24.8. The van der Waals surface area contributed by atoms with Crippen LogP contribution < -0.4 is 14.8 Å². The summed E-state index contributed by atoms with van der Waals surface area (Å²) < 4.78 is 56.8. The summed E-state index contributed by atoms with van der Waals surface area (Å²) in [6.45, 7) is 1.16. The topological polar surface area (TPSA) is 120 Å². The number of anilines is 1.